The number of piperidine rings is 1. The molecule has 88 valence electrons. The second-order valence-corrected chi connectivity index (χ2v) is 5.36. The van der Waals surface area contributed by atoms with Gasteiger partial charge in [-0.05, 0) is 24.7 Å². The number of hydrogen-bond acceptors (Lipinski definition) is 2. The van der Waals surface area contributed by atoms with Gasteiger partial charge in [0.2, 0.25) is 5.91 Å². The summed E-state index contributed by atoms with van der Waals surface area (Å²) in [5.41, 5.74) is 0. The molecule has 2 fully saturated rings. The first-order valence-electron chi connectivity index (χ1n) is 6.31. The maximum atomic E-state index is 12.3. The molecule has 0 aromatic carbocycles. The average molecular weight is 220 g/mol. The lowest BCUT2D eigenvalue weighted by Gasteiger charge is -2.28. The van der Waals surface area contributed by atoms with Gasteiger partial charge in [-0.3, -0.25) is 4.79 Å². The first kappa shape index (κ1) is 11.4. The maximum Gasteiger partial charge on any atom is 0.227 e. The lowest BCUT2D eigenvalue weighted by Crippen LogP contribution is -2.42. The number of hydrogen-bond donors (Lipinski definition) is 0. The standard InChI is InChI=1S/C13H20N2O/c1-4-8(2)9(3)13(16)15-11(7-14)5-10-6-12(10)15/h8-12H,4-6H2,1-3H3/t8?,9-,10?,11-,12?/m0/s1. The van der Waals surface area contributed by atoms with Crippen LogP contribution in [-0.4, -0.2) is 22.9 Å². The van der Waals surface area contributed by atoms with Crippen LogP contribution in [0.5, 0.6) is 0 Å². The second-order valence-electron chi connectivity index (χ2n) is 5.36. The Labute approximate surface area is 97.4 Å². The topological polar surface area (TPSA) is 44.1 Å². The predicted octanol–water partition coefficient (Wildman–Crippen LogP) is 2.18. The van der Waals surface area contributed by atoms with Gasteiger partial charge in [0.15, 0.2) is 0 Å². The van der Waals surface area contributed by atoms with Gasteiger partial charge in [-0.1, -0.05) is 27.2 Å². The van der Waals surface area contributed by atoms with Crippen molar-refractivity contribution in [2.45, 2.75) is 52.1 Å². The first-order chi connectivity index (χ1) is 7.60. The van der Waals surface area contributed by atoms with Crippen LogP contribution in [0.25, 0.3) is 0 Å². The molecule has 1 aliphatic heterocycles. The maximum absolute atomic E-state index is 12.3. The van der Waals surface area contributed by atoms with E-state index in [-0.39, 0.29) is 17.9 Å². The highest BCUT2D eigenvalue weighted by Crippen LogP contribution is 2.48. The zero-order valence-electron chi connectivity index (χ0n) is 10.3. The third kappa shape index (κ3) is 1.71. The van der Waals surface area contributed by atoms with E-state index < -0.39 is 0 Å². The van der Waals surface area contributed by atoms with Crippen LogP contribution in [0.3, 0.4) is 0 Å². The number of nitriles is 1. The van der Waals surface area contributed by atoms with Crippen LogP contribution in [-0.2, 0) is 4.79 Å². The summed E-state index contributed by atoms with van der Waals surface area (Å²) >= 11 is 0. The van der Waals surface area contributed by atoms with Gasteiger partial charge >= 0.3 is 0 Å². The number of amides is 1. The third-order valence-corrected chi connectivity index (χ3v) is 4.39. The van der Waals surface area contributed by atoms with E-state index in [2.05, 4.69) is 19.9 Å². The van der Waals surface area contributed by atoms with Crippen LogP contribution in [0, 0.1) is 29.1 Å². The molecular weight excluding hydrogens is 200 g/mol. The smallest absolute Gasteiger partial charge is 0.227 e. The number of rotatable bonds is 3. The van der Waals surface area contributed by atoms with E-state index >= 15 is 0 Å². The van der Waals surface area contributed by atoms with Gasteiger partial charge in [0, 0.05) is 12.0 Å². The number of carbonyl (C=O) groups is 1. The van der Waals surface area contributed by atoms with E-state index in [9.17, 15) is 4.79 Å². The minimum absolute atomic E-state index is 0.0557. The van der Waals surface area contributed by atoms with Crippen molar-refractivity contribution in [1.29, 1.82) is 5.26 Å². The SMILES string of the molecule is CCC(C)[C@H](C)C(=O)N1C2CC2C[C@H]1C#N. The Balaban J connectivity index is 2.06. The Morgan fingerprint density at radius 1 is 1.50 bits per heavy atom. The molecule has 1 saturated carbocycles. The fourth-order valence-corrected chi connectivity index (χ4v) is 2.72. The van der Waals surface area contributed by atoms with E-state index in [0.717, 1.165) is 19.3 Å². The quantitative estimate of drug-likeness (QED) is 0.731. The predicted molar refractivity (Wildman–Crippen MR) is 61.4 cm³/mol. The zero-order chi connectivity index (χ0) is 11.9. The summed E-state index contributed by atoms with van der Waals surface area (Å²) in [7, 11) is 0. The third-order valence-electron chi connectivity index (χ3n) is 4.39. The van der Waals surface area contributed by atoms with Crippen LogP contribution >= 0.6 is 0 Å². The molecule has 1 heterocycles. The largest absolute Gasteiger partial charge is 0.323 e. The van der Waals surface area contributed by atoms with Crippen LogP contribution in [0.1, 0.15) is 40.0 Å². The van der Waals surface area contributed by atoms with Crippen molar-refractivity contribution in [3.8, 4) is 6.07 Å². The Morgan fingerprint density at radius 3 is 2.75 bits per heavy atom. The average Bonchev–Trinajstić information content (AvgIpc) is 2.97. The minimum atomic E-state index is -0.150. The first-order valence-corrected chi connectivity index (χ1v) is 6.31. The van der Waals surface area contributed by atoms with E-state index in [1.54, 1.807) is 0 Å². The molecule has 0 N–H and O–H groups in total. The summed E-state index contributed by atoms with van der Waals surface area (Å²) in [5.74, 6) is 1.29. The molecule has 0 aromatic heterocycles. The summed E-state index contributed by atoms with van der Waals surface area (Å²) < 4.78 is 0. The summed E-state index contributed by atoms with van der Waals surface area (Å²) in [6, 6.07) is 2.51. The van der Waals surface area contributed by atoms with Crippen molar-refractivity contribution >= 4 is 5.91 Å². The molecule has 2 aliphatic rings. The van der Waals surface area contributed by atoms with Crippen LogP contribution < -0.4 is 0 Å². The van der Waals surface area contributed by atoms with Gasteiger partial charge in [-0.15, -0.1) is 0 Å². The summed E-state index contributed by atoms with van der Waals surface area (Å²) in [6.45, 7) is 6.23. The number of likely N-dealkylation sites (tertiary alicyclic amines) is 1. The fourth-order valence-electron chi connectivity index (χ4n) is 2.72. The number of fused-ring (bicyclic) bond motifs is 1. The van der Waals surface area contributed by atoms with Crippen molar-refractivity contribution in [3.05, 3.63) is 0 Å². The molecule has 0 bridgehead atoms. The lowest BCUT2D eigenvalue weighted by atomic mass is 9.92. The van der Waals surface area contributed by atoms with E-state index in [0.29, 0.717) is 17.9 Å². The molecule has 1 aliphatic carbocycles. The van der Waals surface area contributed by atoms with E-state index in [4.69, 9.17) is 5.26 Å². The molecule has 5 atom stereocenters. The highest BCUT2D eigenvalue weighted by Gasteiger charge is 2.54. The molecule has 3 heteroatoms. The Morgan fingerprint density at radius 2 is 2.19 bits per heavy atom. The van der Waals surface area contributed by atoms with E-state index in [1.807, 2.05) is 11.8 Å². The van der Waals surface area contributed by atoms with Gasteiger partial charge in [-0.2, -0.15) is 5.26 Å². The lowest BCUT2D eigenvalue weighted by molar-refractivity contribution is -0.137. The fraction of sp³-hybridized carbons (Fsp3) is 0.846. The van der Waals surface area contributed by atoms with Gasteiger partial charge in [0.25, 0.3) is 0 Å². The monoisotopic (exact) mass is 220 g/mol. The second kappa shape index (κ2) is 4.08. The summed E-state index contributed by atoms with van der Waals surface area (Å²) in [5, 5.41) is 9.06. The van der Waals surface area contributed by atoms with Gasteiger partial charge in [0.1, 0.15) is 6.04 Å². The molecule has 2 rings (SSSR count). The van der Waals surface area contributed by atoms with Crippen molar-refractivity contribution in [2.24, 2.45) is 17.8 Å². The Hall–Kier alpha value is -1.04. The van der Waals surface area contributed by atoms with E-state index in [1.165, 1.54) is 0 Å². The summed E-state index contributed by atoms with van der Waals surface area (Å²) in [4.78, 5) is 14.2. The molecule has 1 saturated heterocycles. The normalized spacial score (nSPS) is 35.1. The minimum Gasteiger partial charge on any atom is -0.323 e. The molecule has 16 heavy (non-hydrogen) atoms. The molecule has 0 spiro atoms. The highest BCUT2D eigenvalue weighted by molar-refractivity contribution is 5.80. The van der Waals surface area contributed by atoms with Crippen LogP contribution in [0.2, 0.25) is 0 Å². The Bertz CT molecular complexity index is 333. The van der Waals surface area contributed by atoms with Crippen molar-refractivity contribution < 1.29 is 4.79 Å². The highest BCUT2D eigenvalue weighted by atomic mass is 16.2. The molecule has 0 aromatic rings. The molecule has 3 unspecified atom stereocenters. The van der Waals surface area contributed by atoms with Gasteiger partial charge < -0.3 is 4.90 Å². The molecular formula is C13H20N2O. The van der Waals surface area contributed by atoms with Crippen molar-refractivity contribution in [1.82, 2.24) is 4.90 Å². The number of carbonyl (C=O) groups excluding carboxylic acids is 1. The summed E-state index contributed by atoms with van der Waals surface area (Å²) in [6.07, 6.45) is 3.04. The van der Waals surface area contributed by atoms with Crippen LogP contribution in [0.4, 0.5) is 0 Å². The number of nitrogens with zero attached hydrogens (tertiary/aromatic N) is 2. The van der Waals surface area contributed by atoms with Gasteiger partial charge in [-0.25, -0.2) is 0 Å². The molecule has 1 amide bonds. The van der Waals surface area contributed by atoms with Crippen LogP contribution in [0.15, 0.2) is 0 Å². The Kier molecular flexibility index (Phi) is 2.92. The zero-order valence-corrected chi connectivity index (χ0v) is 10.3. The van der Waals surface area contributed by atoms with Gasteiger partial charge in [0.05, 0.1) is 6.07 Å². The van der Waals surface area contributed by atoms with Crippen molar-refractivity contribution in [2.75, 3.05) is 0 Å². The van der Waals surface area contributed by atoms with Crippen molar-refractivity contribution in [3.63, 3.8) is 0 Å². The molecule has 0 radical (unpaired) electrons. The molecule has 3 nitrogen and oxygen atoms in total.